The molecular weight excluding hydrogens is 254 g/mol. The standard InChI is InChI=1S/C14H21N5O/c1-10(7-12-5-6-15-13(8-12)20-4)17-11(2)14-16-9-19(3)18-14/h5-6,8-11,17H,7H2,1-4H3/t10-,11+/m0/s1. The lowest BCUT2D eigenvalue weighted by atomic mass is 10.1. The Bertz CT molecular complexity index is 554. The van der Waals surface area contributed by atoms with Crippen LogP contribution in [0.1, 0.15) is 31.3 Å². The van der Waals surface area contributed by atoms with E-state index in [0.29, 0.717) is 11.9 Å². The normalized spacial score (nSPS) is 14.0. The molecule has 0 amide bonds. The fourth-order valence-electron chi connectivity index (χ4n) is 2.16. The van der Waals surface area contributed by atoms with E-state index in [1.807, 2.05) is 19.2 Å². The summed E-state index contributed by atoms with van der Waals surface area (Å²) in [5.41, 5.74) is 1.19. The van der Waals surface area contributed by atoms with Crippen LogP contribution in [0.15, 0.2) is 24.7 Å². The average molecular weight is 275 g/mol. The summed E-state index contributed by atoms with van der Waals surface area (Å²) in [6.07, 6.45) is 4.38. The van der Waals surface area contributed by atoms with Crippen molar-refractivity contribution in [2.75, 3.05) is 7.11 Å². The highest BCUT2D eigenvalue weighted by Crippen LogP contribution is 2.12. The van der Waals surface area contributed by atoms with Crippen molar-refractivity contribution in [3.63, 3.8) is 0 Å². The van der Waals surface area contributed by atoms with Gasteiger partial charge in [-0.2, -0.15) is 5.10 Å². The largest absolute Gasteiger partial charge is 0.481 e. The van der Waals surface area contributed by atoms with Gasteiger partial charge in [0.15, 0.2) is 5.82 Å². The molecule has 0 saturated heterocycles. The van der Waals surface area contributed by atoms with Gasteiger partial charge in [0.05, 0.1) is 13.2 Å². The van der Waals surface area contributed by atoms with Crippen molar-refractivity contribution in [3.8, 4) is 5.88 Å². The number of hydrogen-bond acceptors (Lipinski definition) is 5. The predicted molar refractivity (Wildman–Crippen MR) is 76.5 cm³/mol. The van der Waals surface area contributed by atoms with E-state index in [1.165, 1.54) is 5.56 Å². The maximum Gasteiger partial charge on any atom is 0.213 e. The monoisotopic (exact) mass is 275 g/mol. The van der Waals surface area contributed by atoms with Crippen LogP contribution in [0.25, 0.3) is 0 Å². The number of hydrogen-bond donors (Lipinski definition) is 1. The van der Waals surface area contributed by atoms with Gasteiger partial charge in [-0.1, -0.05) is 0 Å². The van der Waals surface area contributed by atoms with E-state index in [2.05, 4.69) is 34.2 Å². The molecular formula is C14H21N5O. The van der Waals surface area contributed by atoms with Crippen LogP contribution in [0.2, 0.25) is 0 Å². The molecule has 6 heteroatoms. The molecule has 2 rings (SSSR count). The molecule has 0 saturated carbocycles. The van der Waals surface area contributed by atoms with E-state index >= 15 is 0 Å². The molecule has 6 nitrogen and oxygen atoms in total. The lowest BCUT2D eigenvalue weighted by Crippen LogP contribution is -2.31. The molecule has 2 heterocycles. The number of methoxy groups -OCH3 is 1. The third kappa shape index (κ3) is 3.77. The summed E-state index contributed by atoms with van der Waals surface area (Å²) in [4.78, 5) is 8.37. The van der Waals surface area contributed by atoms with E-state index in [9.17, 15) is 0 Å². The Kier molecular flexibility index (Phi) is 4.68. The molecule has 0 spiro atoms. The molecule has 0 aromatic carbocycles. The van der Waals surface area contributed by atoms with Gasteiger partial charge in [-0.3, -0.25) is 4.68 Å². The summed E-state index contributed by atoms with van der Waals surface area (Å²) in [7, 11) is 3.50. The van der Waals surface area contributed by atoms with Gasteiger partial charge in [0.1, 0.15) is 6.33 Å². The molecule has 0 aliphatic heterocycles. The van der Waals surface area contributed by atoms with Crippen LogP contribution in [-0.2, 0) is 13.5 Å². The van der Waals surface area contributed by atoms with Crippen LogP contribution in [0.4, 0.5) is 0 Å². The zero-order valence-electron chi connectivity index (χ0n) is 12.4. The topological polar surface area (TPSA) is 64.9 Å². The van der Waals surface area contributed by atoms with E-state index in [4.69, 9.17) is 4.74 Å². The minimum Gasteiger partial charge on any atom is -0.481 e. The van der Waals surface area contributed by atoms with E-state index in [1.54, 1.807) is 24.3 Å². The molecule has 0 fully saturated rings. The molecule has 20 heavy (non-hydrogen) atoms. The summed E-state index contributed by atoms with van der Waals surface area (Å²) in [6.45, 7) is 4.21. The third-order valence-electron chi connectivity index (χ3n) is 3.09. The van der Waals surface area contributed by atoms with Gasteiger partial charge in [-0.15, -0.1) is 0 Å². The second-order valence-corrected chi connectivity index (χ2v) is 4.98. The highest BCUT2D eigenvalue weighted by atomic mass is 16.5. The predicted octanol–water partition coefficient (Wildman–Crippen LogP) is 1.50. The van der Waals surface area contributed by atoms with Gasteiger partial charge in [-0.25, -0.2) is 9.97 Å². The van der Waals surface area contributed by atoms with Gasteiger partial charge < -0.3 is 10.1 Å². The lowest BCUT2D eigenvalue weighted by molar-refractivity contribution is 0.396. The first-order valence-corrected chi connectivity index (χ1v) is 6.69. The Morgan fingerprint density at radius 3 is 2.80 bits per heavy atom. The van der Waals surface area contributed by atoms with Crippen LogP contribution in [0.5, 0.6) is 5.88 Å². The zero-order valence-corrected chi connectivity index (χ0v) is 12.4. The molecule has 0 bridgehead atoms. The summed E-state index contributed by atoms with van der Waals surface area (Å²) >= 11 is 0. The van der Waals surface area contributed by atoms with Crippen LogP contribution in [-0.4, -0.2) is 32.9 Å². The molecule has 0 aliphatic rings. The van der Waals surface area contributed by atoms with Crippen molar-refractivity contribution in [2.24, 2.45) is 7.05 Å². The molecule has 1 N–H and O–H groups in total. The first kappa shape index (κ1) is 14.5. The van der Waals surface area contributed by atoms with Crippen LogP contribution < -0.4 is 10.1 Å². The second-order valence-electron chi connectivity index (χ2n) is 4.98. The minimum atomic E-state index is 0.120. The minimum absolute atomic E-state index is 0.120. The highest BCUT2D eigenvalue weighted by molar-refractivity contribution is 5.21. The van der Waals surface area contributed by atoms with Crippen LogP contribution >= 0.6 is 0 Å². The van der Waals surface area contributed by atoms with E-state index in [0.717, 1.165) is 12.2 Å². The first-order chi connectivity index (χ1) is 9.58. The Morgan fingerprint density at radius 1 is 1.35 bits per heavy atom. The number of nitrogens with zero attached hydrogens (tertiary/aromatic N) is 4. The first-order valence-electron chi connectivity index (χ1n) is 6.69. The second kappa shape index (κ2) is 6.47. The number of aryl methyl sites for hydroxylation is 1. The molecule has 2 aromatic rings. The summed E-state index contributed by atoms with van der Waals surface area (Å²) in [5, 5.41) is 7.81. The highest BCUT2D eigenvalue weighted by Gasteiger charge is 2.13. The van der Waals surface area contributed by atoms with Gasteiger partial charge >= 0.3 is 0 Å². The zero-order chi connectivity index (χ0) is 14.5. The van der Waals surface area contributed by atoms with Crippen molar-refractivity contribution >= 4 is 0 Å². The third-order valence-corrected chi connectivity index (χ3v) is 3.09. The maximum absolute atomic E-state index is 5.14. The van der Waals surface area contributed by atoms with Crippen molar-refractivity contribution in [2.45, 2.75) is 32.4 Å². The summed E-state index contributed by atoms with van der Waals surface area (Å²) in [5.74, 6) is 1.46. The number of pyridine rings is 1. The van der Waals surface area contributed by atoms with Crippen LogP contribution in [0.3, 0.4) is 0 Å². The van der Waals surface area contributed by atoms with Crippen molar-refractivity contribution < 1.29 is 4.74 Å². The quantitative estimate of drug-likeness (QED) is 0.865. The SMILES string of the molecule is COc1cc(C[C@H](C)N[C@H](C)c2ncn(C)n2)ccn1. The Hall–Kier alpha value is -1.95. The van der Waals surface area contributed by atoms with Crippen molar-refractivity contribution in [1.82, 2.24) is 25.1 Å². The number of aromatic nitrogens is 4. The number of nitrogens with one attached hydrogen (secondary N) is 1. The smallest absolute Gasteiger partial charge is 0.213 e. The maximum atomic E-state index is 5.14. The molecule has 108 valence electrons. The Labute approximate surface area is 119 Å². The lowest BCUT2D eigenvalue weighted by Gasteiger charge is -2.18. The Morgan fingerprint density at radius 2 is 2.15 bits per heavy atom. The fraction of sp³-hybridized carbons (Fsp3) is 0.500. The van der Waals surface area contributed by atoms with Gasteiger partial charge in [0.2, 0.25) is 5.88 Å². The summed E-state index contributed by atoms with van der Waals surface area (Å²) < 4.78 is 6.85. The summed E-state index contributed by atoms with van der Waals surface area (Å²) in [6, 6.07) is 4.39. The van der Waals surface area contributed by atoms with E-state index < -0.39 is 0 Å². The number of rotatable bonds is 6. The number of ether oxygens (including phenoxy) is 1. The van der Waals surface area contributed by atoms with Crippen LogP contribution in [0, 0.1) is 0 Å². The van der Waals surface area contributed by atoms with Gasteiger partial charge in [-0.05, 0) is 31.9 Å². The molecule has 0 unspecified atom stereocenters. The van der Waals surface area contributed by atoms with Crippen molar-refractivity contribution in [3.05, 3.63) is 36.0 Å². The molecule has 0 aliphatic carbocycles. The van der Waals surface area contributed by atoms with Crippen molar-refractivity contribution in [1.29, 1.82) is 0 Å². The fourth-order valence-corrected chi connectivity index (χ4v) is 2.16. The molecule has 2 aromatic heterocycles. The molecule has 2 atom stereocenters. The van der Waals surface area contributed by atoms with Gasteiger partial charge in [0.25, 0.3) is 0 Å². The molecule has 0 radical (unpaired) electrons. The van der Waals surface area contributed by atoms with E-state index in [-0.39, 0.29) is 6.04 Å². The Balaban J connectivity index is 1.93. The van der Waals surface area contributed by atoms with Gasteiger partial charge in [0, 0.05) is 25.4 Å². The average Bonchev–Trinajstić information content (AvgIpc) is 2.85.